The van der Waals surface area contributed by atoms with Crippen LogP contribution in [0.25, 0.3) is 87.2 Å². The van der Waals surface area contributed by atoms with Gasteiger partial charge in [-0.25, -0.2) is 0 Å². The van der Waals surface area contributed by atoms with Crippen molar-refractivity contribution in [1.29, 1.82) is 0 Å². The molecule has 0 heterocycles. The maximum atomic E-state index is 3.78. The largest absolute Gasteiger partial charge is 0.0616 e. The van der Waals surface area contributed by atoms with E-state index in [1.807, 2.05) is 0 Å². The summed E-state index contributed by atoms with van der Waals surface area (Å²) in [7, 11) is 0. The lowest BCUT2D eigenvalue weighted by atomic mass is 9.84. The Hall–Kier alpha value is -5.24. The van der Waals surface area contributed by atoms with Gasteiger partial charge in [0.15, 0.2) is 0 Å². The van der Waals surface area contributed by atoms with Gasteiger partial charge in [0.25, 0.3) is 0 Å². The molecule has 0 aliphatic carbocycles. The number of fused-ring (bicyclic) bond motifs is 5. The van der Waals surface area contributed by atoms with Gasteiger partial charge in [-0.3, -0.25) is 0 Å². The average molecular weight is 636 g/mol. The van der Waals surface area contributed by atoms with Gasteiger partial charge in [0, 0.05) is 4.47 Å². The normalized spacial score (nSPS) is 11.7. The second kappa shape index (κ2) is 10.4. The summed E-state index contributed by atoms with van der Waals surface area (Å²) in [4.78, 5) is 0. The fourth-order valence-electron chi connectivity index (χ4n) is 7.17. The van der Waals surface area contributed by atoms with E-state index in [9.17, 15) is 0 Å². The van der Waals surface area contributed by atoms with Crippen molar-refractivity contribution in [3.8, 4) is 33.4 Å². The van der Waals surface area contributed by atoms with Gasteiger partial charge in [-0.05, 0) is 112 Å². The Morgan fingerprint density at radius 3 is 1.38 bits per heavy atom. The molecular weight excluding hydrogens is 608 g/mol. The quantitative estimate of drug-likeness (QED) is 0.170. The van der Waals surface area contributed by atoms with Gasteiger partial charge >= 0.3 is 0 Å². The first-order valence-corrected chi connectivity index (χ1v) is 16.2. The number of halogens is 1. The minimum atomic E-state index is 1.11. The van der Waals surface area contributed by atoms with Crippen molar-refractivity contribution in [1.82, 2.24) is 0 Å². The van der Waals surface area contributed by atoms with Crippen molar-refractivity contribution >= 4 is 69.8 Å². The van der Waals surface area contributed by atoms with Crippen molar-refractivity contribution in [2.24, 2.45) is 0 Å². The molecule has 9 aromatic rings. The molecule has 0 unspecified atom stereocenters. The van der Waals surface area contributed by atoms with Crippen molar-refractivity contribution in [2.45, 2.75) is 0 Å². The highest BCUT2D eigenvalue weighted by molar-refractivity contribution is 9.10. The monoisotopic (exact) mass is 634 g/mol. The molecular formula is C44H27Br. The number of hydrogen-bond acceptors (Lipinski definition) is 0. The molecule has 1 heteroatoms. The predicted octanol–water partition coefficient (Wildman–Crippen LogP) is 13.2. The van der Waals surface area contributed by atoms with Crippen LogP contribution in [0, 0.1) is 0 Å². The van der Waals surface area contributed by atoms with Gasteiger partial charge in [-0.15, -0.1) is 0 Å². The van der Waals surface area contributed by atoms with Crippen LogP contribution in [0.4, 0.5) is 0 Å². The lowest BCUT2D eigenvalue weighted by Gasteiger charge is -2.19. The molecule has 0 N–H and O–H groups in total. The third-order valence-electron chi connectivity index (χ3n) is 9.28. The molecule has 0 bridgehead atoms. The summed E-state index contributed by atoms with van der Waals surface area (Å²) in [6.45, 7) is 0. The first-order valence-electron chi connectivity index (χ1n) is 15.4. The van der Waals surface area contributed by atoms with Crippen LogP contribution in [0.1, 0.15) is 0 Å². The number of rotatable bonds is 3. The summed E-state index contributed by atoms with van der Waals surface area (Å²) >= 11 is 3.78. The molecule has 0 aliphatic rings. The van der Waals surface area contributed by atoms with E-state index >= 15 is 0 Å². The van der Waals surface area contributed by atoms with Gasteiger partial charge < -0.3 is 0 Å². The maximum Gasteiger partial charge on any atom is 0.0254 e. The molecule has 9 rings (SSSR count). The molecule has 0 amide bonds. The molecule has 0 radical (unpaired) electrons. The first-order chi connectivity index (χ1) is 22.2. The van der Waals surface area contributed by atoms with Crippen molar-refractivity contribution < 1.29 is 0 Å². The Balaban J connectivity index is 1.42. The third kappa shape index (κ3) is 4.27. The fraction of sp³-hybridized carbons (Fsp3) is 0. The zero-order valence-corrected chi connectivity index (χ0v) is 26.1. The zero-order valence-electron chi connectivity index (χ0n) is 24.5. The van der Waals surface area contributed by atoms with Crippen LogP contribution in [0.5, 0.6) is 0 Å². The molecule has 0 aliphatic heterocycles. The van der Waals surface area contributed by atoms with Crippen LogP contribution in [0.2, 0.25) is 0 Å². The molecule has 0 saturated carbocycles. The molecule has 0 saturated heterocycles. The Bertz CT molecular complexity index is 2610. The zero-order chi connectivity index (χ0) is 29.9. The van der Waals surface area contributed by atoms with E-state index in [4.69, 9.17) is 0 Å². The maximum absolute atomic E-state index is 3.78. The SMILES string of the molecule is Brc1ccc(-c2ccc3c(-c4ccc5ccccc5c4)c4ccccc4c(-c4ccc5ccccc5c4)c3c2)c2ccccc12. The summed E-state index contributed by atoms with van der Waals surface area (Å²) in [5.41, 5.74) is 7.48. The van der Waals surface area contributed by atoms with Gasteiger partial charge in [0.2, 0.25) is 0 Å². The van der Waals surface area contributed by atoms with E-state index in [1.165, 1.54) is 87.2 Å². The lowest BCUT2D eigenvalue weighted by molar-refractivity contribution is 1.65. The van der Waals surface area contributed by atoms with Crippen molar-refractivity contribution in [2.75, 3.05) is 0 Å². The van der Waals surface area contributed by atoms with E-state index in [-0.39, 0.29) is 0 Å². The smallest absolute Gasteiger partial charge is 0.0254 e. The van der Waals surface area contributed by atoms with Gasteiger partial charge in [-0.1, -0.05) is 155 Å². The predicted molar refractivity (Wildman–Crippen MR) is 198 cm³/mol. The third-order valence-corrected chi connectivity index (χ3v) is 9.97. The fourth-order valence-corrected chi connectivity index (χ4v) is 7.65. The number of benzene rings is 9. The van der Waals surface area contributed by atoms with Crippen LogP contribution in [0.15, 0.2) is 168 Å². The number of hydrogen-bond donors (Lipinski definition) is 0. The average Bonchev–Trinajstić information content (AvgIpc) is 3.10. The van der Waals surface area contributed by atoms with Gasteiger partial charge in [0.05, 0.1) is 0 Å². The van der Waals surface area contributed by atoms with E-state index < -0.39 is 0 Å². The molecule has 0 atom stereocenters. The first kappa shape index (κ1) is 26.2. The minimum Gasteiger partial charge on any atom is -0.0616 e. The van der Waals surface area contributed by atoms with Crippen LogP contribution >= 0.6 is 15.9 Å². The van der Waals surface area contributed by atoms with Crippen LogP contribution in [-0.2, 0) is 0 Å². The highest BCUT2D eigenvalue weighted by Crippen LogP contribution is 2.46. The summed E-state index contributed by atoms with van der Waals surface area (Å²) in [5, 5.41) is 12.5. The molecule has 0 fully saturated rings. The topological polar surface area (TPSA) is 0 Å². The van der Waals surface area contributed by atoms with E-state index in [1.54, 1.807) is 0 Å². The standard InChI is InChI=1S/C44H27Br/c45-42-24-23-35(36-13-5-6-14-37(36)42)32-21-22-40-41(27-32)44(34-20-18-29-10-2-4-12-31(29)26-34)39-16-8-7-15-38(39)43(40)33-19-17-28-9-1-3-11-30(28)25-33/h1-27H. The van der Waals surface area contributed by atoms with E-state index in [0.29, 0.717) is 0 Å². The van der Waals surface area contributed by atoms with E-state index in [0.717, 1.165) is 4.47 Å². The second-order valence-corrected chi connectivity index (χ2v) is 12.7. The summed E-state index contributed by atoms with van der Waals surface area (Å²) in [6, 6.07) is 60.2. The minimum absolute atomic E-state index is 1.11. The molecule has 45 heavy (non-hydrogen) atoms. The Morgan fingerprint density at radius 1 is 0.289 bits per heavy atom. The van der Waals surface area contributed by atoms with Crippen LogP contribution in [0.3, 0.4) is 0 Å². The van der Waals surface area contributed by atoms with Gasteiger partial charge in [-0.2, -0.15) is 0 Å². The Kier molecular flexibility index (Phi) is 6.07. The Morgan fingerprint density at radius 2 is 0.756 bits per heavy atom. The lowest BCUT2D eigenvalue weighted by Crippen LogP contribution is -1.92. The van der Waals surface area contributed by atoms with Crippen LogP contribution < -0.4 is 0 Å². The molecule has 210 valence electrons. The van der Waals surface area contributed by atoms with Crippen molar-refractivity contribution in [3.63, 3.8) is 0 Å². The molecule has 0 nitrogen and oxygen atoms in total. The molecule has 0 aromatic heterocycles. The highest BCUT2D eigenvalue weighted by atomic mass is 79.9. The van der Waals surface area contributed by atoms with Crippen LogP contribution in [-0.4, -0.2) is 0 Å². The van der Waals surface area contributed by atoms with Gasteiger partial charge in [0.1, 0.15) is 0 Å². The van der Waals surface area contributed by atoms with Crippen molar-refractivity contribution in [3.05, 3.63) is 168 Å². The second-order valence-electron chi connectivity index (χ2n) is 11.8. The molecule has 0 spiro atoms. The van der Waals surface area contributed by atoms with E-state index in [2.05, 4.69) is 180 Å². The molecule has 9 aromatic carbocycles. The summed E-state index contributed by atoms with van der Waals surface area (Å²) in [6.07, 6.45) is 0. The Labute approximate surface area is 270 Å². The highest BCUT2D eigenvalue weighted by Gasteiger charge is 2.18. The summed E-state index contributed by atoms with van der Waals surface area (Å²) in [5.74, 6) is 0. The summed E-state index contributed by atoms with van der Waals surface area (Å²) < 4.78 is 1.11.